The molecule has 2 N–H and O–H groups in total. The molecule has 0 unspecified atom stereocenters. The molecule has 130 valence electrons. The van der Waals surface area contributed by atoms with Gasteiger partial charge in [-0.05, 0) is 42.0 Å². The molecule has 0 saturated heterocycles. The van der Waals surface area contributed by atoms with Crippen LogP contribution in [0.4, 0.5) is 0 Å². The number of hydrogen-bond acceptors (Lipinski definition) is 3. The normalized spacial score (nSPS) is 13.5. The van der Waals surface area contributed by atoms with Crippen molar-refractivity contribution in [3.05, 3.63) is 93.7 Å². The predicted octanol–water partition coefficient (Wildman–Crippen LogP) is 5.45. The highest BCUT2D eigenvalue weighted by Gasteiger charge is 2.10. The van der Waals surface area contributed by atoms with Crippen LogP contribution < -0.4 is 10.6 Å². The zero-order chi connectivity index (χ0) is 17.5. The quantitative estimate of drug-likeness (QED) is 0.564. The average molecular weight is 351 g/mol. The van der Waals surface area contributed by atoms with Crippen LogP contribution in [-0.2, 0) is 13.1 Å². The first-order valence-corrected chi connectivity index (χ1v) is 9.74. The van der Waals surface area contributed by atoms with Gasteiger partial charge in [0.05, 0.1) is 0 Å². The summed E-state index contributed by atoms with van der Waals surface area (Å²) in [4.78, 5) is 1.41. The summed E-state index contributed by atoms with van der Waals surface area (Å²) in [6.45, 7) is 6.25. The van der Waals surface area contributed by atoms with Crippen molar-refractivity contribution < 1.29 is 0 Å². The topological polar surface area (TPSA) is 24.1 Å². The Labute approximate surface area is 154 Å². The van der Waals surface area contributed by atoms with Crippen molar-refractivity contribution in [3.63, 3.8) is 0 Å². The van der Waals surface area contributed by atoms with Crippen molar-refractivity contribution in [1.82, 2.24) is 10.6 Å². The molecule has 0 bridgehead atoms. The fraction of sp³-hybridized carbons (Fsp3) is 0.273. The van der Waals surface area contributed by atoms with Crippen LogP contribution in [0.2, 0.25) is 0 Å². The highest BCUT2D eigenvalue weighted by molar-refractivity contribution is 7.10. The maximum Gasteiger partial charge on any atom is 0.0308 e. The van der Waals surface area contributed by atoms with Gasteiger partial charge in [0.15, 0.2) is 0 Å². The summed E-state index contributed by atoms with van der Waals surface area (Å²) < 4.78 is 0. The van der Waals surface area contributed by atoms with Crippen molar-refractivity contribution >= 4 is 11.3 Å². The third-order valence-electron chi connectivity index (χ3n) is 4.60. The molecule has 2 atom stereocenters. The molecule has 3 rings (SSSR count). The molecule has 0 aliphatic carbocycles. The molecule has 25 heavy (non-hydrogen) atoms. The van der Waals surface area contributed by atoms with Gasteiger partial charge in [-0.1, -0.05) is 60.7 Å². The molecule has 0 radical (unpaired) electrons. The number of benzene rings is 2. The fourth-order valence-electron chi connectivity index (χ4n) is 2.91. The molecule has 0 saturated carbocycles. The monoisotopic (exact) mass is 350 g/mol. The van der Waals surface area contributed by atoms with E-state index in [4.69, 9.17) is 0 Å². The van der Waals surface area contributed by atoms with E-state index in [0.717, 1.165) is 13.1 Å². The first kappa shape index (κ1) is 17.9. The maximum atomic E-state index is 3.64. The molecule has 0 spiro atoms. The molecular formula is C22H26N2S. The Kier molecular flexibility index (Phi) is 6.40. The lowest BCUT2D eigenvalue weighted by atomic mass is 10.1. The Morgan fingerprint density at radius 3 is 1.80 bits per heavy atom. The molecule has 0 aliphatic heterocycles. The van der Waals surface area contributed by atoms with Crippen LogP contribution in [0.1, 0.15) is 47.5 Å². The van der Waals surface area contributed by atoms with Gasteiger partial charge < -0.3 is 10.6 Å². The van der Waals surface area contributed by atoms with Crippen LogP contribution in [0.25, 0.3) is 0 Å². The minimum Gasteiger partial charge on any atom is -0.306 e. The minimum atomic E-state index is 0.352. The molecule has 3 aromatic rings. The molecule has 2 aromatic carbocycles. The average Bonchev–Trinajstić information content (AvgIpc) is 3.13. The van der Waals surface area contributed by atoms with Crippen LogP contribution in [-0.4, -0.2) is 0 Å². The minimum absolute atomic E-state index is 0.352. The van der Waals surface area contributed by atoms with Crippen molar-refractivity contribution in [2.75, 3.05) is 0 Å². The number of thiophene rings is 1. The second-order valence-electron chi connectivity index (χ2n) is 6.40. The van der Waals surface area contributed by atoms with Gasteiger partial charge in [0.2, 0.25) is 0 Å². The van der Waals surface area contributed by atoms with Crippen LogP contribution in [0, 0.1) is 0 Å². The lowest BCUT2D eigenvalue weighted by molar-refractivity contribution is 0.558. The molecule has 0 fully saturated rings. The van der Waals surface area contributed by atoms with E-state index in [2.05, 4.69) is 96.6 Å². The molecule has 1 aromatic heterocycles. The Bertz CT molecular complexity index is 688. The molecule has 2 nitrogen and oxygen atoms in total. The summed E-state index contributed by atoms with van der Waals surface area (Å²) in [6.07, 6.45) is 0. The van der Waals surface area contributed by atoms with Crippen molar-refractivity contribution in [2.24, 2.45) is 0 Å². The molecule has 0 aliphatic rings. The zero-order valence-electron chi connectivity index (χ0n) is 14.9. The van der Waals surface area contributed by atoms with Crippen molar-refractivity contribution in [2.45, 2.75) is 39.0 Å². The summed E-state index contributed by atoms with van der Waals surface area (Å²) in [5.41, 5.74) is 4.05. The zero-order valence-corrected chi connectivity index (χ0v) is 15.7. The lowest BCUT2D eigenvalue weighted by Gasteiger charge is -2.16. The first-order valence-electron chi connectivity index (χ1n) is 8.86. The van der Waals surface area contributed by atoms with E-state index >= 15 is 0 Å². The van der Waals surface area contributed by atoms with E-state index in [9.17, 15) is 0 Å². The van der Waals surface area contributed by atoms with E-state index < -0.39 is 0 Å². The van der Waals surface area contributed by atoms with E-state index in [0.29, 0.717) is 12.1 Å². The van der Waals surface area contributed by atoms with Crippen LogP contribution in [0.3, 0.4) is 0 Å². The van der Waals surface area contributed by atoms with E-state index in [1.165, 1.54) is 21.6 Å². The Morgan fingerprint density at radius 2 is 1.24 bits per heavy atom. The SMILES string of the molecule is C[C@H](NCc1ccsc1CN[C@H](C)c1ccccc1)c1ccccc1. The Hall–Kier alpha value is -1.94. The van der Waals surface area contributed by atoms with Gasteiger partial charge in [-0.3, -0.25) is 0 Å². The second-order valence-corrected chi connectivity index (χ2v) is 7.40. The van der Waals surface area contributed by atoms with E-state index in [1.807, 2.05) is 11.3 Å². The maximum absolute atomic E-state index is 3.64. The number of hydrogen-bond donors (Lipinski definition) is 2. The predicted molar refractivity (Wildman–Crippen MR) is 108 cm³/mol. The summed E-state index contributed by atoms with van der Waals surface area (Å²) >= 11 is 1.83. The van der Waals surface area contributed by atoms with Gasteiger partial charge in [0.25, 0.3) is 0 Å². The standard InChI is InChI=1S/C22H26N2S/c1-17(19-9-5-3-6-10-19)23-15-21-13-14-25-22(21)16-24-18(2)20-11-7-4-8-12-20/h3-14,17-18,23-24H,15-16H2,1-2H3/t17-,18+/m0/s1. The van der Waals surface area contributed by atoms with E-state index in [1.54, 1.807) is 0 Å². The van der Waals surface area contributed by atoms with Gasteiger partial charge in [-0.25, -0.2) is 0 Å². The molecule has 3 heteroatoms. The Morgan fingerprint density at radius 1 is 0.720 bits per heavy atom. The first-order chi connectivity index (χ1) is 12.2. The number of nitrogens with one attached hydrogen (secondary N) is 2. The summed E-state index contributed by atoms with van der Waals surface area (Å²) in [7, 11) is 0. The van der Waals surface area contributed by atoms with Crippen LogP contribution in [0.5, 0.6) is 0 Å². The summed E-state index contributed by atoms with van der Waals surface area (Å²) in [5.74, 6) is 0. The van der Waals surface area contributed by atoms with Gasteiger partial charge >= 0.3 is 0 Å². The molecule has 1 heterocycles. The van der Waals surface area contributed by atoms with Gasteiger partial charge in [0, 0.05) is 30.1 Å². The van der Waals surface area contributed by atoms with Crippen molar-refractivity contribution in [3.8, 4) is 0 Å². The van der Waals surface area contributed by atoms with Gasteiger partial charge in [-0.2, -0.15) is 0 Å². The van der Waals surface area contributed by atoms with Gasteiger partial charge in [0.1, 0.15) is 0 Å². The third-order valence-corrected chi connectivity index (χ3v) is 5.57. The molecule has 0 amide bonds. The van der Waals surface area contributed by atoms with Crippen LogP contribution in [0.15, 0.2) is 72.1 Å². The highest BCUT2D eigenvalue weighted by atomic mass is 32.1. The summed E-state index contributed by atoms with van der Waals surface area (Å²) in [6, 6.07) is 24.2. The highest BCUT2D eigenvalue weighted by Crippen LogP contribution is 2.20. The smallest absolute Gasteiger partial charge is 0.0308 e. The lowest BCUT2D eigenvalue weighted by Crippen LogP contribution is -2.21. The fourth-order valence-corrected chi connectivity index (χ4v) is 3.76. The van der Waals surface area contributed by atoms with E-state index in [-0.39, 0.29) is 0 Å². The summed E-state index contributed by atoms with van der Waals surface area (Å²) in [5, 5.41) is 9.47. The van der Waals surface area contributed by atoms with Crippen molar-refractivity contribution in [1.29, 1.82) is 0 Å². The van der Waals surface area contributed by atoms with Gasteiger partial charge in [-0.15, -0.1) is 11.3 Å². The Balaban J connectivity index is 1.54. The number of rotatable bonds is 8. The largest absolute Gasteiger partial charge is 0.306 e. The second kappa shape index (κ2) is 8.95. The third kappa shape index (κ3) is 5.02. The molecular weight excluding hydrogens is 324 g/mol. The van der Waals surface area contributed by atoms with Crippen LogP contribution >= 0.6 is 11.3 Å².